The standard InChI is InChI=1S/C17H14N2O/c1-2-6-12(7-3-1)14-11-15(19-18-14)17-10-13-8-4-5-9-16(13)20-17/h1-10,14,18H,11H2. The summed E-state index contributed by atoms with van der Waals surface area (Å²) in [5.41, 5.74) is 6.34. The van der Waals surface area contributed by atoms with E-state index < -0.39 is 0 Å². The number of benzene rings is 2. The number of furan rings is 1. The quantitative estimate of drug-likeness (QED) is 0.761. The summed E-state index contributed by atoms with van der Waals surface area (Å²) in [4.78, 5) is 0. The summed E-state index contributed by atoms with van der Waals surface area (Å²) in [6.07, 6.45) is 0.851. The van der Waals surface area contributed by atoms with Crippen molar-refractivity contribution >= 4 is 16.7 Å². The smallest absolute Gasteiger partial charge is 0.151 e. The van der Waals surface area contributed by atoms with E-state index in [1.165, 1.54) is 5.56 Å². The van der Waals surface area contributed by atoms with E-state index in [0.717, 1.165) is 28.9 Å². The highest BCUT2D eigenvalue weighted by Gasteiger charge is 2.23. The number of nitrogens with zero attached hydrogens (tertiary/aromatic N) is 1. The molecule has 20 heavy (non-hydrogen) atoms. The largest absolute Gasteiger partial charge is 0.455 e. The Kier molecular flexibility index (Phi) is 2.56. The van der Waals surface area contributed by atoms with E-state index in [2.05, 4.69) is 46.9 Å². The molecule has 0 fully saturated rings. The molecular weight excluding hydrogens is 248 g/mol. The lowest BCUT2D eigenvalue weighted by Crippen LogP contribution is -2.09. The average Bonchev–Trinajstić information content (AvgIpc) is 3.14. The third-order valence-corrected chi connectivity index (χ3v) is 3.66. The molecule has 3 nitrogen and oxygen atoms in total. The van der Waals surface area contributed by atoms with Crippen molar-refractivity contribution in [1.29, 1.82) is 0 Å². The van der Waals surface area contributed by atoms with Gasteiger partial charge in [0.25, 0.3) is 0 Å². The third-order valence-electron chi connectivity index (χ3n) is 3.66. The fourth-order valence-corrected chi connectivity index (χ4v) is 2.60. The molecule has 0 spiro atoms. The van der Waals surface area contributed by atoms with E-state index in [1.54, 1.807) is 0 Å². The molecule has 2 aromatic carbocycles. The van der Waals surface area contributed by atoms with Crippen LogP contribution in [0.25, 0.3) is 11.0 Å². The summed E-state index contributed by atoms with van der Waals surface area (Å²) in [5, 5.41) is 5.55. The highest BCUT2D eigenvalue weighted by atomic mass is 16.3. The summed E-state index contributed by atoms with van der Waals surface area (Å²) < 4.78 is 5.87. The maximum absolute atomic E-state index is 5.87. The van der Waals surface area contributed by atoms with Crippen LogP contribution in [0.5, 0.6) is 0 Å². The minimum Gasteiger partial charge on any atom is -0.455 e. The Hall–Kier alpha value is -2.55. The van der Waals surface area contributed by atoms with Crippen LogP contribution in [0.15, 0.2) is 70.2 Å². The van der Waals surface area contributed by atoms with Gasteiger partial charge >= 0.3 is 0 Å². The van der Waals surface area contributed by atoms with Gasteiger partial charge in [-0.15, -0.1) is 0 Å². The van der Waals surface area contributed by atoms with Crippen molar-refractivity contribution in [3.05, 3.63) is 72.0 Å². The molecule has 2 heterocycles. The number of hydrogen-bond acceptors (Lipinski definition) is 3. The van der Waals surface area contributed by atoms with Crippen molar-refractivity contribution in [2.45, 2.75) is 12.5 Å². The molecule has 4 rings (SSSR count). The van der Waals surface area contributed by atoms with Gasteiger partial charge in [0.15, 0.2) is 5.76 Å². The molecule has 0 aliphatic carbocycles. The molecule has 0 saturated heterocycles. The molecule has 98 valence electrons. The molecule has 3 heteroatoms. The fraction of sp³-hybridized carbons (Fsp3) is 0.118. The van der Waals surface area contributed by atoms with E-state index in [-0.39, 0.29) is 6.04 Å². The first-order valence-corrected chi connectivity index (χ1v) is 6.76. The zero-order valence-electron chi connectivity index (χ0n) is 10.9. The summed E-state index contributed by atoms with van der Waals surface area (Å²) >= 11 is 0. The van der Waals surface area contributed by atoms with Crippen LogP contribution in [-0.4, -0.2) is 5.71 Å². The summed E-state index contributed by atoms with van der Waals surface area (Å²) in [6.45, 7) is 0. The number of para-hydroxylation sites is 1. The molecule has 0 saturated carbocycles. The van der Waals surface area contributed by atoms with E-state index in [9.17, 15) is 0 Å². The number of fused-ring (bicyclic) bond motifs is 1. The maximum Gasteiger partial charge on any atom is 0.151 e. The van der Waals surface area contributed by atoms with Crippen molar-refractivity contribution in [2.24, 2.45) is 5.10 Å². The highest BCUT2D eigenvalue weighted by molar-refractivity contribution is 6.02. The summed E-state index contributed by atoms with van der Waals surface area (Å²) in [6, 6.07) is 20.7. The van der Waals surface area contributed by atoms with Crippen molar-refractivity contribution in [3.63, 3.8) is 0 Å². The average molecular weight is 262 g/mol. The SMILES string of the molecule is c1ccc(C2CC(c3cc4ccccc4o3)=NN2)cc1. The lowest BCUT2D eigenvalue weighted by molar-refractivity contribution is 0.600. The van der Waals surface area contributed by atoms with Gasteiger partial charge in [-0.2, -0.15) is 5.10 Å². The first-order valence-electron chi connectivity index (χ1n) is 6.76. The van der Waals surface area contributed by atoms with Crippen LogP contribution >= 0.6 is 0 Å². The van der Waals surface area contributed by atoms with Gasteiger partial charge in [-0.3, -0.25) is 0 Å². The van der Waals surface area contributed by atoms with Gasteiger partial charge in [0.2, 0.25) is 0 Å². The lowest BCUT2D eigenvalue weighted by atomic mass is 10.0. The van der Waals surface area contributed by atoms with Crippen LogP contribution in [-0.2, 0) is 0 Å². The molecular formula is C17H14N2O. The Morgan fingerprint density at radius 2 is 1.80 bits per heavy atom. The molecule has 1 aliphatic rings. The van der Waals surface area contributed by atoms with Crippen LogP contribution in [0.1, 0.15) is 23.8 Å². The number of hydrazone groups is 1. The van der Waals surface area contributed by atoms with Crippen LogP contribution in [0.4, 0.5) is 0 Å². The second-order valence-electron chi connectivity index (χ2n) is 5.00. The van der Waals surface area contributed by atoms with E-state index in [0.29, 0.717) is 0 Å². The first-order chi connectivity index (χ1) is 9.90. The highest BCUT2D eigenvalue weighted by Crippen LogP contribution is 2.27. The van der Waals surface area contributed by atoms with Gasteiger partial charge in [-0.1, -0.05) is 48.5 Å². The molecule has 1 N–H and O–H groups in total. The van der Waals surface area contributed by atoms with Crippen LogP contribution in [0.2, 0.25) is 0 Å². The van der Waals surface area contributed by atoms with Gasteiger partial charge in [-0.05, 0) is 17.7 Å². The lowest BCUT2D eigenvalue weighted by Gasteiger charge is -2.08. The molecule has 0 radical (unpaired) electrons. The third kappa shape index (κ3) is 1.88. The van der Waals surface area contributed by atoms with Gasteiger partial charge in [0, 0.05) is 11.8 Å². The van der Waals surface area contributed by atoms with Crippen molar-refractivity contribution in [3.8, 4) is 0 Å². The molecule has 0 amide bonds. The van der Waals surface area contributed by atoms with Gasteiger partial charge < -0.3 is 9.84 Å². The predicted molar refractivity (Wildman–Crippen MR) is 79.7 cm³/mol. The van der Waals surface area contributed by atoms with E-state index in [4.69, 9.17) is 4.42 Å². The normalized spacial score (nSPS) is 18.0. The minimum atomic E-state index is 0.236. The molecule has 1 atom stereocenters. The van der Waals surface area contributed by atoms with Crippen LogP contribution < -0.4 is 5.43 Å². The minimum absolute atomic E-state index is 0.236. The van der Waals surface area contributed by atoms with Gasteiger partial charge in [0.05, 0.1) is 6.04 Å². The molecule has 3 aromatic rings. The Morgan fingerprint density at radius 1 is 1.00 bits per heavy atom. The predicted octanol–water partition coefficient (Wildman–Crippen LogP) is 3.87. The second kappa shape index (κ2) is 4.53. The Labute approximate surface area is 116 Å². The molecule has 1 unspecified atom stereocenters. The van der Waals surface area contributed by atoms with Crippen molar-refractivity contribution < 1.29 is 4.42 Å². The van der Waals surface area contributed by atoms with Crippen molar-refractivity contribution in [2.75, 3.05) is 0 Å². The second-order valence-corrected chi connectivity index (χ2v) is 5.00. The summed E-state index contributed by atoms with van der Waals surface area (Å²) in [5.74, 6) is 0.858. The monoisotopic (exact) mass is 262 g/mol. The first kappa shape index (κ1) is 11.3. The Bertz CT molecular complexity index is 741. The van der Waals surface area contributed by atoms with E-state index >= 15 is 0 Å². The number of hydrogen-bond donors (Lipinski definition) is 1. The summed E-state index contributed by atoms with van der Waals surface area (Å²) in [7, 11) is 0. The van der Waals surface area contributed by atoms with E-state index in [1.807, 2.05) is 24.3 Å². The zero-order valence-corrected chi connectivity index (χ0v) is 10.9. The molecule has 1 aliphatic heterocycles. The Morgan fingerprint density at radius 3 is 2.65 bits per heavy atom. The van der Waals surface area contributed by atoms with Gasteiger partial charge in [-0.25, -0.2) is 0 Å². The molecule has 1 aromatic heterocycles. The number of nitrogens with one attached hydrogen (secondary N) is 1. The van der Waals surface area contributed by atoms with Gasteiger partial charge in [0.1, 0.15) is 11.3 Å². The molecule has 0 bridgehead atoms. The fourth-order valence-electron chi connectivity index (χ4n) is 2.60. The zero-order chi connectivity index (χ0) is 13.4. The maximum atomic E-state index is 5.87. The topological polar surface area (TPSA) is 37.5 Å². The Balaban J connectivity index is 1.61. The van der Waals surface area contributed by atoms with Crippen LogP contribution in [0, 0.1) is 0 Å². The van der Waals surface area contributed by atoms with Crippen molar-refractivity contribution in [1.82, 2.24) is 5.43 Å². The number of rotatable bonds is 2. The van der Waals surface area contributed by atoms with Crippen LogP contribution in [0.3, 0.4) is 0 Å².